The maximum Gasteiger partial charge on any atom is 0.336 e. The molecule has 0 unspecified atom stereocenters. The normalized spacial score (nSPS) is 16.7. The number of carboxylic acids is 1. The summed E-state index contributed by atoms with van der Waals surface area (Å²) in [4.78, 5) is 29.8. The standard InChI is InChI=1S/C36H44N2O3/c1-26-7-3-4-10-32(26)24-37-19-15-28(16-20-37)9-6-12-35(39)31-14-13-29-17-21-38(22-18-30(29)23-31)25-34-27(2)8-5-11-33(34)36(40)41/h3-5,7-8,10-11,13-14,23,28H,6,9,12,15-22,24-25H2,1-2H3,(H,40,41). The Kier molecular flexibility index (Phi) is 9.68. The first-order valence-electron chi connectivity index (χ1n) is 15.3. The SMILES string of the molecule is Cc1ccccc1CN1CCC(CCCC(=O)c2ccc3c(c2)CCN(Cc2c(C)cccc2C(=O)O)CC3)CC1. The summed E-state index contributed by atoms with van der Waals surface area (Å²) in [5, 5.41) is 9.65. The number of likely N-dealkylation sites (tertiary alicyclic amines) is 1. The molecule has 0 aromatic heterocycles. The summed E-state index contributed by atoms with van der Waals surface area (Å²) in [6.07, 6.45) is 6.99. The number of Topliss-reactive ketones (excluding diaryl/α,β-unsaturated/α-hetero) is 1. The summed E-state index contributed by atoms with van der Waals surface area (Å²) >= 11 is 0. The van der Waals surface area contributed by atoms with Crippen LogP contribution < -0.4 is 0 Å². The molecule has 3 aromatic rings. The Labute approximate surface area is 245 Å². The number of benzene rings is 3. The van der Waals surface area contributed by atoms with Crippen LogP contribution in [0.3, 0.4) is 0 Å². The van der Waals surface area contributed by atoms with Crippen LogP contribution in [-0.2, 0) is 25.9 Å². The average Bonchev–Trinajstić information content (AvgIpc) is 3.18. The van der Waals surface area contributed by atoms with Crippen molar-refractivity contribution < 1.29 is 14.7 Å². The van der Waals surface area contributed by atoms with Crippen molar-refractivity contribution >= 4 is 11.8 Å². The zero-order chi connectivity index (χ0) is 28.8. The molecule has 2 aliphatic heterocycles. The Bertz CT molecular complexity index is 1370. The zero-order valence-electron chi connectivity index (χ0n) is 24.7. The predicted octanol–water partition coefficient (Wildman–Crippen LogP) is 6.87. The summed E-state index contributed by atoms with van der Waals surface area (Å²) in [5.41, 5.74) is 8.55. The molecule has 1 N–H and O–H groups in total. The number of carbonyl (C=O) groups is 2. The van der Waals surface area contributed by atoms with E-state index in [0.717, 1.165) is 81.0 Å². The summed E-state index contributed by atoms with van der Waals surface area (Å²) in [7, 11) is 0. The molecule has 1 fully saturated rings. The number of ketones is 1. The fourth-order valence-corrected chi connectivity index (χ4v) is 6.60. The maximum atomic E-state index is 13.1. The Balaban J connectivity index is 1.08. The number of fused-ring (bicyclic) bond motifs is 1. The van der Waals surface area contributed by atoms with Crippen LogP contribution in [0.15, 0.2) is 60.7 Å². The molecule has 0 bridgehead atoms. The van der Waals surface area contributed by atoms with Gasteiger partial charge in [0.1, 0.15) is 0 Å². The molecule has 3 aromatic carbocycles. The molecule has 5 heteroatoms. The van der Waals surface area contributed by atoms with E-state index in [1.54, 1.807) is 6.07 Å². The van der Waals surface area contributed by atoms with Crippen molar-refractivity contribution in [2.24, 2.45) is 5.92 Å². The van der Waals surface area contributed by atoms with Crippen LogP contribution in [0.1, 0.15) is 86.2 Å². The molecule has 0 saturated carbocycles. The van der Waals surface area contributed by atoms with Crippen molar-refractivity contribution in [3.05, 3.63) is 105 Å². The van der Waals surface area contributed by atoms with Gasteiger partial charge in [0.25, 0.3) is 0 Å². The molecule has 0 atom stereocenters. The van der Waals surface area contributed by atoms with Gasteiger partial charge in [0.05, 0.1) is 5.56 Å². The van der Waals surface area contributed by atoms with Crippen molar-refractivity contribution in [3.8, 4) is 0 Å². The van der Waals surface area contributed by atoms with Crippen molar-refractivity contribution in [1.29, 1.82) is 0 Å². The first-order chi connectivity index (χ1) is 19.9. The van der Waals surface area contributed by atoms with E-state index in [-0.39, 0.29) is 5.78 Å². The number of aromatic carboxylic acids is 1. The van der Waals surface area contributed by atoms with E-state index in [1.807, 2.05) is 25.1 Å². The number of hydrogen-bond donors (Lipinski definition) is 1. The molecule has 216 valence electrons. The summed E-state index contributed by atoms with van der Waals surface area (Å²) in [5.74, 6) is 0.120. The van der Waals surface area contributed by atoms with Gasteiger partial charge in [-0.3, -0.25) is 14.6 Å². The van der Waals surface area contributed by atoms with E-state index in [9.17, 15) is 14.7 Å². The van der Waals surface area contributed by atoms with Gasteiger partial charge in [0.2, 0.25) is 0 Å². The molecule has 0 aliphatic carbocycles. The highest BCUT2D eigenvalue weighted by Gasteiger charge is 2.21. The van der Waals surface area contributed by atoms with Crippen LogP contribution in [0.2, 0.25) is 0 Å². The Morgan fingerprint density at radius 1 is 0.805 bits per heavy atom. The minimum atomic E-state index is -0.867. The van der Waals surface area contributed by atoms with Gasteiger partial charge < -0.3 is 5.11 Å². The molecule has 1 saturated heterocycles. The van der Waals surface area contributed by atoms with E-state index in [1.165, 1.54) is 35.1 Å². The molecular formula is C36H44N2O3. The number of carboxylic acid groups (broad SMARTS) is 1. The lowest BCUT2D eigenvalue weighted by Crippen LogP contribution is -2.33. The third-order valence-electron chi connectivity index (χ3n) is 9.32. The number of aryl methyl sites for hydroxylation is 2. The van der Waals surface area contributed by atoms with Crippen LogP contribution >= 0.6 is 0 Å². The number of carbonyl (C=O) groups excluding carboxylic acids is 1. The largest absolute Gasteiger partial charge is 0.478 e. The summed E-state index contributed by atoms with van der Waals surface area (Å²) in [6.45, 7) is 9.91. The minimum Gasteiger partial charge on any atom is -0.478 e. The third kappa shape index (κ3) is 7.52. The van der Waals surface area contributed by atoms with Crippen LogP contribution in [0.4, 0.5) is 0 Å². The fraction of sp³-hybridized carbons (Fsp3) is 0.444. The molecule has 41 heavy (non-hydrogen) atoms. The lowest BCUT2D eigenvalue weighted by atomic mass is 9.90. The van der Waals surface area contributed by atoms with Crippen LogP contribution in [0.5, 0.6) is 0 Å². The van der Waals surface area contributed by atoms with Gasteiger partial charge in [-0.1, -0.05) is 48.5 Å². The highest BCUT2D eigenvalue weighted by Crippen LogP contribution is 2.26. The molecule has 2 aliphatic rings. The van der Waals surface area contributed by atoms with E-state index in [4.69, 9.17) is 0 Å². The third-order valence-corrected chi connectivity index (χ3v) is 9.32. The van der Waals surface area contributed by atoms with E-state index >= 15 is 0 Å². The Morgan fingerprint density at radius 2 is 1.51 bits per heavy atom. The van der Waals surface area contributed by atoms with Crippen molar-refractivity contribution in [2.75, 3.05) is 26.2 Å². The highest BCUT2D eigenvalue weighted by atomic mass is 16.4. The van der Waals surface area contributed by atoms with E-state index in [2.05, 4.69) is 53.1 Å². The van der Waals surface area contributed by atoms with Gasteiger partial charge in [-0.05, 0) is 117 Å². The van der Waals surface area contributed by atoms with Crippen molar-refractivity contribution in [2.45, 2.75) is 71.9 Å². The zero-order valence-corrected chi connectivity index (χ0v) is 24.7. The second-order valence-electron chi connectivity index (χ2n) is 12.1. The first-order valence-corrected chi connectivity index (χ1v) is 15.3. The van der Waals surface area contributed by atoms with Gasteiger partial charge in [-0.2, -0.15) is 0 Å². The predicted molar refractivity (Wildman–Crippen MR) is 165 cm³/mol. The second kappa shape index (κ2) is 13.6. The lowest BCUT2D eigenvalue weighted by molar-refractivity contribution is 0.0694. The van der Waals surface area contributed by atoms with Crippen molar-refractivity contribution in [3.63, 3.8) is 0 Å². The number of nitrogens with zero attached hydrogens (tertiary/aromatic N) is 2. The fourth-order valence-electron chi connectivity index (χ4n) is 6.60. The van der Waals surface area contributed by atoms with E-state index < -0.39 is 5.97 Å². The molecule has 0 spiro atoms. The molecule has 5 rings (SSSR count). The number of piperidine rings is 1. The number of hydrogen-bond acceptors (Lipinski definition) is 4. The van der Waals surface area contributed by atoms with Gasteiger partial charge in [0, 0.05) is 38.2 Å². The summed E-state index contributed by atoms with van der Waals surface area (Å²) < 4.78 is 0. The monoisotopic (exact) mass is 552 g/mol. The van der Waals surface area contributed by atoms with Gasteiger partial charge in [0.15, 0.2) is 5.78 Å². The Morgan fingerprint density at radius 3 is 2.27 bits per heavy atom. The summed E-state index contributed by atoms with van der Waals surface area (Å²) in [6, 6.07) is 20.5. The molecule has 0 radical (unpaired) electrons. The molecule has 0 amide bonds. The van der Waals surface area contributed by atoms with Gasteiger partial charge >= 0.3 is 5.97 Å². The van der Waals surface area contributed by atoms with Gasteiger partial charge in [-0.25, -0.2) is 4.79 Å². The lowest BCUT2D eigenvalue weighted by Gasteiger charge is -2.32. The second-order valence-corrected chi connectivity index (χ2v) is 12.1. The first kappa shape index (κ1) is 29.2. The van der Waals surface area contributed by atoms with Crippen molar-refractivity contribution in [1.82, 2.24) is 9.80 Å². The van der Waals surface area contributed by atoms with Crippen LogP contribution in [0.25, 0.3) is 0 Å². The topological polar surface area (TPSA) is 60.9 Å². The maximum absolute atomic E-state index is 13.1. The molecular weight excluding hydrogens is 508 g/mol. The smallest absolute Gasteiger partial charge is 0.336 e. The molecule has 2 heterocycles. The van der Waals surface area contributed by atoms with Gasteiger partial charge in [-0.15, -0.1) is 0 Å². The average molecular weight is 553 g/mol. The molecule has 5 nitrogen and oxygen atoms in total. The highest BCUT2D eigenvalue weighted by molar-refractivity contribution is 5.96. The number of rotatable bonds is 10. The quantitative estimate of drug-likeness (QED) is 0.278. The van der Waals surface area contributed by atoms with E-state index in [0.29, 0.717) is 18.5 Å². The van der Waals surface area contributed by atoms with Crippen LogP contribution in [0, 0.1) is 19.8 Å². The Hall–Kier alpha value is -3.28. The minimum absolute atomic E-state index is 0.261. The van der Waals surface area contributed by atoms with Crippen LogP contribution in [-0.4, -0.2) is 52.8 Å².